The zero-order valence-corrected chi connectivity index (χ0v) is 14.1. The highest BCUT2D eigenvalue weighted by atomic mass is 16.5. The number of rotatable bonds is 4. The normalized spacial score (nSPS) is 13.7. The van der Waals surface area contributed by atoms with Crippen LogP contribution in [0.4, 0.5) is 5.95 Å². The van der Waals surface area contributed by atoms with E-state index in [0.29, 0.717) is 17.4 Å². The van der Waals surface area contributed by atoms with E-state index >= 15 is 0 Å². The van der Waals surface area contributed by atoms with Crippen LogP contribution in [0, 0.1) is 6.92 Å². The molecule has 1 N–H and O–H groups in total. The number of hydrogen-bond donors (Lipinski definition) is 1. The molecule has 3 aromatic rings. The SMILES string of the molecule is COc1ccc2cc(C(=O)Nc3nc(C)cc(C4CC4)n3)cnc2c1. The number of aryl methyl sites for hydroxylation is 1. The summed E-state index contributed by atoms with van der Waals surface area (Å²) in [5, 5.41) is 3.66. The maximum atomic E-state index is 12.5. The Morgan fingerprint density at radius 1 is 1.20 bits per heavy atom. The summed E-state index contributed by atoms with van der Waals surface area (Å²) in [6.45, 7) is 1.91. The van der Waals surface area contributed by atoms with Crippen molar-refractivity contribution >= 4 is 22.8 Å². The summed E-state index contributed by atoms with van der Waals surface area (Å²) < 4.78 is 5.19. The molecule has 25 heavy (non-hydrogen) atoms. The van der Waals surface area contributed by atoms with Gasteiger partial charge in [0.15, 0.2) is 0 Å². The van der Waals surface area contributed by atoms with Gasteiger partial charge in [0.05, 0.1) is 18.2 Å². The number of nitrogens with zero attached hydrogens (tertiary/aromatic N) is 3. The highest BCUT2D eigenvalue weighted by molar-refractivity contribution is 6.05. The number of aromatic nitrogens is 3. The fourth-order valence-corrected chi connectivity index (χ4v) is 2.76. The summed E-state index contributed by atoms with van der Waals surface area (Å²) in [6, 6.07) is 9.35. The first-order valence-electron chi connectivity index (χ1n) is 8.23. The van der Waals surface area contributed by atoms with Crippen molar-refractivity contribution in [3.05, 3.63) is 53.5 Å². The average molecular weight is 334 g/mol. The third-order valence-electron chi connectivity index (χ3n) is 4.25. The number of fused-ring (bicyclic) bond motifs is 1. The smallest absolute Gasteiger partial charge is 0.259 e. The lowest BCUT2D eigenvalue weighted by molar-refractivity contribution is 0.102. The van der Waals surface area contributed by atoms with Gasteiger partial charge in [0, 0.05) is 35.0 Å². The van der Waals surface area contributed by atoms with Crippen molar-refractivity contribution in [1.29, 1.82) is 0 Å². The Kier molecular flexibility index (Phi) is 3.80. The molecule has 0 spiro atoms. The van der Waals surface area contributed by atoms with Gasteiger partial charge in [-0.05, 0) is 44.0 Å². The summed E-state index contributed by atoms with van der Waals surface area (Å²) in [5.41, 5.74) is 3.11. The van der Waals surface area contributed by atoms with Gasteiger partial charge < -0.3 is 4.74 Å². The Morgan fingerprint density at radius 2 is 2.04 bits per heavy atom. The molecular weight excluding hydrogens is 316 g/mol. The number of nitrogens with one attached hydrogen (secondary N) is 1. The van der Waals surface area contributed by atoms with Gasteiger partial charge in [-0.1, -0.05) is 0 Å². The Hall–Kier alpha value is -3.02. The Balaban J connectivity index is 1.59. The topological polar surface area (TPSA) is 77.0 Å². The number of amides is 1. The standard InChI is InChI=1S/C19H18N4O2/c1-11-7-17(12-3-4-12)22-19(21-11)23-18(24)14-8-13-5-6-15(25-2)9-16(13)20-10-14/h5-10,12H,3-4H2,1-2H3,(H,21,22,23,24). The Morgan fingerprint density at radius 3 is 2.80 bits per heavy atom. The summed E-state index contributed by atoms with van der Waals surface area (Å²) in [6.07, 6.45) is 3.86. The molecule has 1 aromatic carbocycles. The van der Waals surface area contributed by atoms with Crippen LogP contribution in [0.25, 0.3) is 10.9 Å². The molecule has 1 aliphatic rings. The Labute approximate surface area is 145 Å². The summed E-state index contributed by atoms with van der Waals surface area (Å²) in [4.78, 5) is 25.7. The molecular formula is C19H18N4O2. The minimum absolute atomic E-state index is 0.266. The molecule has 1 fully saturated rings. The first-order valence-corrected chi connectivity index (χ1v) is 8.23. The lowest BCUT2D eigenvalue weighted by Crippen LogP contribution is -2.15. The molecule has 2 heterocycles. The Bertz CT molecular complexity index is 967. The van der Waals surface area contributed by atoms with Crippen LogP contribution in [0.3, 0.4) is 0 Å². The van der Waals surface area contributed by atoms with Crippen molar-refractivity contribution in [3.8, 4) is 5.75 Å². The van der Waals surface area contributed by atoms with Gasteiger partial charge in [0.1, 0.15) is 5.75 Å². The van der Waals surface area contributed by atoms with Crippen molar-refractivity contribution < 1.29 is 9.53 Å². The zero-order valence-electron chi connectivity index (χ0n) is 14.1. The fourth-order valence-electron chi connectivity index (χ4n) is 2.76. The van der Waals surface area contributed by atoms with Gasteiger partial charge in [-0.15, -0.1) is 0 Å². The maximum absolute atomic E-state index is 12.5. The van der Waals surface area contributed by atoms with E-state index in [9.17, 15) is 4.79 Å². The van der Waals surface area contributed by atoms with Gasteiger partial charge in [-0.2, -0.15) is 0 Å². The lowest BCUT2D eigenvalue weighted by atomic mass is 10.1. The van der Waals surface area contributed by atoms with Crippen molar-refractivity contribution in [2.75, 3.05) is 12.4 Å². The fraction of sp³-hybridized carbons (Fsp3) is 0.263. The quantitative estimate of drug-likeness (QED) is 0.790. The van der Waals surface area contributed by atoms with E-state index in [1.165, 1.54) is 0 Å². The molecule has 1 saturated carbocycles. The molecule has 4 rings (SSSR count). The number of carbonyl (C=O) groups is 1. The van der Waals surface area contributed by atoms with Gasteiger partial charge in [0.2, 0.25) is 5.95 Å². The van der Waals surface area contributed by atoms with Crippen LogP contribution in [-0.4, -0.2) is 28.0 Å². The molecule has 6 nitrogen and oxygen atoms in total. The van der Waals surface area contributed by atoms with E-state index in [1.54, 1.807) is 19.4 Å². The second kappa shape index (κ2) is 6.12. The monoisotopic (exact) mass is 334 g/mol. The van der Waals surface area contributed by atoms with E-state index < -0.39 is 0 Å². The van der Waals surface area contributed by atoms with E-state index in [1.807, 2.05) is 31.2 Å². The second-order valence-electron chi connectivity index (χ2n) is 6.27. The van der Waals surface area contributed by atoms with Crippen LogP contribution in [0.1, 0.15) is 40.5 Å². The van der Waals surface area contributed by atoms with Crippen LogP contribution in [0.2, 0.25) is 0 Å². The predicted octanol–water partition coefficient (Wildman–Crippen LogP) is 3.47. The molecule has 0 atom stereocenters. The minimum Gasteiger partial charge on any atom is -0.497 e. The molecule has 2 aromatic heterocycles. The van der Waals surface area contributed by atoms with Crippen molar-refractivity contribution in [2.45, 2.75) is 25.7 Å². The van der Waals surface area contributed by atoms with Crippen LogP contribution in [0.15, 0.2) is 36.5 Å². The van der Waals surface area contributed by atoms with Crippen molar-refractivity contribution in [1.82, 2.24) is 15.0 Å². The van der Waals surface area contributed by atoms with E-state index in [0.717, 1.165) is 40.9 Å². The molecule has 0 saturated heterocycles. The molecule has 6 heteroatoms. The highest BCUT2D eigenvalue weighted by Gasteiger charge is 2.26. The maximum Gasteiger partial charge on any atom is 0.259 e. The number of pyridine rings is 1. The van der Waals surface area contributed by atoms with Gasteiger partial charge >= 0.3 is 0 Å². The first-order chi connectivity index (χ1) is 12.1. The molecule has 0 aliphatic heterocycles. The van der Waals surface area contributed by atoms with E-state index in [4.69, 9.17) is 4.74 Å². The second-order valence-corrected chi connectivity index (χ2v) is 6.27. The number of carbonyl (C=O) groups excluding carboxylic acids is 1. The third-order valence-corrected chi connectivity index (χ3v) is 4.25. The van der Waals surface area contributed by atoms with Gasteiger partial charge in [0.25, 0.3) is 5.91 Å². The van der Waals surface area contributed by atoms with Crippen LogP contribution < -0.4 is 10.1 Å². The largest absolute Gasteiger partial charge is 0.497 e. The predicted molar refractivity (Wildman–Crippen MR) is 95.0 cm³/mol. The van der Waals surface area contributed by atoms with Crippen molar-refractivity contribution in [2.24, 2.45) is 0 Å². The number of benzene rings is 1. The minimum atomic E-state index is -0.266. The number of anilines is 1. The summed E-state index contributed by atoms with van der Waals surface area (Å²) in [7, 11) is 1.61. The average Bonchev–Trinajstić information content (AvgIpc) is 3.45. The van der Waals surface area contributed by atoms with Crippen LogP contribution in [-0.2, 0) is 0 Å². The van der Waals surface area contributed by atoms with E-state index in [2.05, 4.69) is 20.3 Å². The first kappa shape index (κ1) is 15.5. The molecule has 126 valence electrons. The summed E-state index contributed by atoms with van der Waals surface area (Å²) >= 11 is 0. The van der Waals surface area contributed by atoms with Gasteiger partial charge in [-0.25, -0.2) is 9.97 Å². The lowest BCUT2D eigenvalue weighted by Gasteiger charge is -2.08. The molecule has 1 aliphatic carbocycles. The molecule has 0 unspecified atom stereocenters. The molecule has 0 bridgehead atoms. The molecule has 0 radical (unpaired) electrons. The summed E-state index contributed by atoms with van der Waals surface area (Å²) in [5.74, 6) is 1.33. The zero-order chi connectivity index (χ0) is 17.4. The highest BCUT2D eigenvalue weighted by Crippen LogP contribution is 2.39. The number of hydrogen-bond acceptors (Lipinski definition) is 5. The van der Waals surface area contributed by atoms with E-state index in [-0.39, 0.29) is 5.91 Å². The van der Waals surface area contributed by atoms with Gasteiger partial charge in [-0.3, -0.25) is 15.1 Å². The van der Waals surface area contributed by atoms with Crippen LogP contribution in [0.5, 0.6) is 5.75 Å². The van der Waals surface area contributed by atoms with Crippen LogP contribution >= 0.6 is 0 Å². The molecule has 1 amide bonds. The number of methoxy groups -OCH3 is 1. The number of ether oxygens (including phenoxy) is 1. The van der Waals surface area contributed by atoms with Crippen molar-refractivity contribution in [3.63, 3.8) is 0 Å². The third kappa shape index (κ3) is 3.28.